The number of nitro groups is 1. The molecule has 8 heteroatoms. The average Bonchev–Trinajstić information content (AvgIpc) is 2.56. The summed E-state index contributed by atoms with van der Waals surface area (Å²) in [6.07, 6.45) is 3.52. The van der Waals surface area contributed by atoms with Crippen LogP contribution in [-0.2, 0) is 13.6 Å². The molecule has 0 bridgehead atoms. The van der Waals surface area contributed by atoms with E-state index >= 15 is 0 Å². The van der Waals surface area contributed by atoms with Crippen molar-refractivity contribution in [2.24, 2.45) is 0 Å². The zero-order valence-corrected chi connectivity index (χ0v) is 12.4. The van der Waals surface area contributed by atoms with Gasteiger partial charge in [-0.15, -0.1) is 0 Å². The molecular weight excluding hydrogens is 307 g/mol. The summed E-state index contributed by atoms with van der Waals surface area (Å²) in [6, 6.07) is 9.00. The Morgan fingerprint density at radius 2 is 1.86 bits per heavy atom. The SMILES string of the molecule is O=[N+]([O-])c1ccc(P2(=O)OCC[C@@H](c3ccncc3)O2)cc1. The summed E-state index contributed by atoms with van der Waals surface area (Å²) < 4.78 is 23.9. The quantitative estimate of drug-likeness (QED) is 0.490. The van der Waals surface area contributed by atoms with Crippen molar-refractivity contribution in [2.45, 2.75) is 12.5 Å². The summed E-state index contributed by atoms with van der Waals surface area (Å²) in [4.78, 5) is 14.1. The largest absolute Gasteiger partial charge is 0.361 e. The van der Waals surface area contributed by atoms with Crippen molar-refractivity contribution < 1.29 is 18.5 Å². The van der Waals surface area contributed by atoms with Gasteiger partial charge in [-0.05, 0) is 29.8 Å². The monoisotopic (exact) mass is 320 g/mol. The Labute approximate surface area is 126 Å². The fourth-order valence-corrected chi connectivity index (χ4v) is 3.98. The molecule has 1 aliphatic heterocycles. The minimum atomic E-state index is -3.48. The number of non-ortho nitro benzene ring substituents is 1. The van der Waals surface area contributed by atoms with Gasteiger partial charge in [-0.25, -0.2) is 0 Å². The van der Waals surface area contributed by atoms with Gasteiger partial charge < -0.3 is 4.52 Å². The Bertz CT molecular complexity index is 720. The third kappa shape index (κ3) is 2.92. The van der Waals surface area contributed by atoms with E-state index in [0.29, 0.717) is 18.3 Å². The normalized spacial score (nSPS) is 24.8. The van der Waals surface area contributed by atoms with Crippen molar-refractivity contribution >= 4 is 18.6 Å². The lowest BCUT2D eigenvalue weighted by molar-refractivity contribution is -0.384. The number of nitrogens with zero attached hydrogens (tertiary/aromatic N) is 2. The van der Waals surface area contributed by atoms with Crippen molar-refractivity contribution in [3.8, 4) is 0 Å². The van der Waals surface area contributed by atoms with E-state index in [4.69, 9.17) is 9.05 Å². The topological polar surface area (TPSA) is 91.6 Å². The van der Waals surface area contributed by atoms with Crippen LogP contribution in [0.5, 0.6) is 0 Å². The predicted octanol–water partition coefficient (Wildman–Crippen LogP) is 2.99. The third-order valence-corrected chi connectivity index (χ3v) is 5.35. The third-order valence-electron chi connectivity index (χ3n) is 3.36. The predicted molar refractivity (Wildman–Crippen MR) is 79.0 cm³/mol. The lowest BCUT2D eigenvalue weighted by Gasteiger charge is -2.30. The Kier molecular flexibility index (Phi) is 4.02. The zero-order chi connectivity index (χ0) is 15.6. The number of nitro benzene ring substituents is 1. The number of hydrogen-bond acceptors (Lipinski definition) is 6. The van der Waals surface area contributed by atoms with Gasteiger partial charge in [0.25, 0.3) is 5.69 Å². The summed E-state index contributed by atoms with van der Waals surface area (Å²) in [5.41, 5.74) is 0.804. The summed E-state index contributed by atoms with van der Waals surface area (Å²) in [7, 11) is -3.48. The number of rotatable bonds is 3. The lowest BCUT2D eigenvalue weighted by Crippen LogP contribution is -2.20. The molecule has 1 fully saturated rings. The number of pyridine rings is 1. The standard InChI is InChI=1S/C14H13N2O5P/c17-16(18)12-1-3-13(4-2-12)22(19)20-10-7-14(21-22)11-5-8-15-9-6-11/h1-6,8-9,14H,7,10H2/t14-,22?/m0/s1. The van der Waals surface area contributed by atoms with Gasteiger partial charge in [-0.3, -0.25) is 24.2 Å². The van der Waals surface area contributed by atoms with Gasteiger partial charge in [0.2, 0.25) is 0 Å². The van der Waals surface area contributed by atoms with E-state index in [9.17, 15) is 14.7 Å². The molecule has 22 heavy (non-hydrogen) atoms. The molecule has 1 aromatic carbocycles. The Balaban J connectivity index is 1.86. The summed E-state index contributed by atoms with van der Waals surface area (Å²) >= 11 is 0. The number of hydrogen-bond donors (Lipinski definition) is 0. The molecule has 0 amide bonds. The lowest BCUT2D eigenvalue weighted by atomic mass is 10.1. The molecule has 2 heterocycles. The molecule has 0 saturated carbocycles. The fourth-order valence-electron chi connectivity index (χ4n) is 2.23. The summed E-state index contributed by atoms with van der Waals surface area (Å²) in [5.74, 6) is 0. The van der Waals surface area contributed by atoms with Gasteiger partial charge in [0.1, 0.15) is 0 Å². The first kappa shape index (κ1) is 14.8. The highest BCUT2D eigenvalue weighted by atomic mass is 31.2. The zero-order valence-electron chi connectivity index (χ0n) is 11.5. The van der Waals surface area contributed by atoms with Crippen LogP contribution in [0.1, 0.15) is 18.1 Å². The van der Waals surface area contributed by atoms with Crippen LogP contribution < -0.4 is 5.30 Å². The minimum Gasteiger partial charge on any atom is -0.305 e. The number of benzene rings is 1. The van der Waals surface area contributed by atoms with Crippen LogP contribution in [-0.4, -0.2) is 16.5 Å². The van der Waals surface area contributed by atoms with Gasteiger partial charge in [0.05, 0.1) is 22.9 Å². The van der Waals surface area contributed by atoms with E-state index in [1.165, 1.54) is 24.3 Å². The Morgan fingerprint density at radius 1 is 1.18 bits per heavy atom. The molecule has 0 radical (unpaired) electrons. The molecule has 0 spiro atoms. The molecule has 1 aliphatic rings. The minimum absolute atomic E-state index is 0.0713. The van der Waals surface area contributed by atoms with Crippen LogP contribution in [0.3, 0.4) is 0 Å². The smallest absolute Gasteiger partial charge is 0.305 e. The average molecular weight is 320 g/mol. The van der Waals surface area contributed by atoms with Crippen molar-refractivity contribution in [1.82, 2.24) is 4.98 Å². The van der Waals surface area contributed by atoms with Crippen LogP contribution in [0.2, 0.25) is 0 Å². The molecule has 0 N–H and O–H groups in total. The first-order valence-corrected chi connectivity index (χ1v) is 8.21. The van der Waals surface area contributed by atoms with Gasteiger partial charge in [-0.1, -0.05) is 0 Å². The maximum absolute atomic E-state index is 12.9. The Hall–Kier alpha value is -2.08. The molecule has 2 atom stereocenters. The highest BCUT2D eigenvalue weighted by molar-refractivity contribution is 7.62. The molecule has 7 nitrogen and oxygen atoms in total. The van der Waals surface area contributed by atoms with Gasteiger partial charge >= 0.3 is 7.60 Å². The van der Waals surface area contributed by atoms with Gasteiger partial charge in [0, 0.05) is 30.9 Å². The second-order valence-electron chi connectivity index (χ2n) is 4.77. The first-order valence-electron chi connectivity index (χ1n) is 6.66. The summed E-state index contributed by atoms with van der Waals surface area (Å²) in [6.45, 7) is 0.293. The van der Waals surface area contributed by atoms with E-state index in [2.05, 4.69) is 4.98 Å². The molecule has 2 aromatic rings. The van der Waals surface area contributed by atoms with E-state index in [0.717, 1.165) is 5.56 Å². The van der Waals surface area contributed by atoms with E-state index in [1.807, 2.05) is 0 Å². The van der Waals surface area contributed by atoms with E-state index in [-0.39, 0.29) is 11.8 Å². The van der Waals surface area contributed by atoms with Crippen LogP contribution >= 0.6 is 7.60 Å². The maximum atomic E-state index is 12.9. The maximum Gasteiger partial charge on any atom is 0.361 e. The van der Waals surface area contributed by atoms with Gasteiger partial charge in [-0.2, -0.15) is 0 Å². The van der Waals surface area contributed by atoms with Crippen molar-refractivity contribution in [3.05, 3.63) is 64.5 Å². The molecule has 1 unspecified atom stereocenters. The first-order chi connectivity index (χ1) is 10.6. The molecular formula is C14H13N2O5P. The van der Waals surface area contributed by atoms with Crippen LogP contribution in [0.4, 0.5) is 5.69 Å². The van der Waals surface area contributed by atoms with Crippen LogP contribution in [0.15, 0.2) is 48.8 Å². The van der Waals surface area contributed by atoms with Crippen LogP contribution in [0.25, 0.3) is 0 Å². The van der Waals surface area contributed by atoms with Crippen molar-refractivity contribution in [2.75, 3.05) is 6.61 Å². The molecule has 1 aromatic heterocycles. The van der Waals surface area contributed by atoms with Crippen LogP contribution in [0, 0.1) is 10.1 Å². The van der Waals surface area contributed by atoms with E-state index in [1.54, 1.807) is 24.5 Å². The van der Waals surface area contributed by atoms with E-state index < -0.39 is 12.5 Å². The highest BCUT2D eigenvalue weighted by Crippen LogP contribution is 2.55. The molecule has 114 valence electrons. The van der Waals surface area contributed by atoms with Crippen molar-refractivity contribution in [1.29, 1.82) is 0 Å². The number of aromatic nitrogens is 1. The van der Waals surface area contributed by atoms with Crippen molar-refractivity contribution in [3.63, 3.8) is 0 Å². The fraction of sp³-hybridized carbons (Fsp3) is 0.214. The highest BCUT2D eigenvalue weighted by Gasteiger charge is 2.36. The molecule has 3 rings (SSSR count). The Morgan fingerprint density at radius 3 is 2.50 bits per heavy atom. The van der Waals surface area contributed by atoms with Gasteiger partial charge in [0.15, 0.2) is 0 Å². The molecule has 0 aliphatic carbocycles. The second-order valence-corrected chi connectivity index (χ2v) is 6.75. The second kappa shape index (κ2) is 5.96. The molecule has 1 saturated heterocycles. The summed E-state index contributed by atoms with van der Waals surface area (Å²) in [5, 5.41) is 11.0.